The summed E-state index contributed by atoms with van der Waals surface area (Å²) in [6, 6.07) is 19.9. The number of nitrogens with zero attached hydrogens (tertiary/aromatic N) is 1. The lowest BCUT2D eigenvalue weighted by atomic mass is 10.1. The summed E-state index contributed by atoms with van der Waals surface area (Å²) in [4.78, 5) is 14.0. The highest BCUT2D eigenvalue weighted by Crippen LogP contribution is 2.21. The van der Waals surface area contributed by atoms with E-state index < -0.39 is 0 Å². The number of likely N-dealkylation sites (N-methyl/N-ethyl adjacent to an activating group) is 1. The summed E-state index contributed by atoms with van der Waals surface area (Å²) < 4.78 is 12.9. The van der Waals surface area contributed by atoms with Crippen LogP contribution in [0.4, 0.5) is 15.8 Å². The fourth-order valence-electron chi connectivity index (χ4n) is 2.45. The third kappa shape index (κ3) is 3.66. The van der Waals surface area contributed by atoms with E-state index in [-0.39, 0.29) is 18.3 Å². The van der Waals surface area contributed by atoms with Gasteiger partial charge in [0.05, 0.1) is 6.54 Å². The SMILES string of the molecule is CN(CC(=O)Nc1ccc(F)cc1)c1ccc2ccccc2c1. The van der Waals surface area contributed by atoms with Crippen molar-refractivity contribution in [2.75, 3.05) is 23.8 Å². The van der Waals surface area contributed by atoms with Crippen LogP contribution in [0.1, 0.15) is 0 Å². The van der Waals surface area contributed by atoms with Crippen molar-refractivity contribution in [2.24, 2.45) is 0 Å². The molecule has 0 fully saturated rings. The number of halogens is 1. The lowest BCUT2D eigenvalue weighted by Gasteiger charge is -2.19. The van der Waals surface area contributed by atoms with Gasteiger partial charge in [0.25, 0.3) is 0 Å². The number of carbonyl (C=O) groups is 1. The van der Waals surface area contributed by atoms with Gasteiger partial charge in [-0.25, -0.2) is 4.39 Å². The van der Waals surface area contributed by atoms with Gasteiger partial charge >= 0.3 is 0 Å². The van der Waals surface area contributed by atoms with Crippen LogP contribution in [-0.2, 0) is 4.79 Å². The second-order valence-electron chi connectivity index (χ2n) is 5.44. The van der Waals surface area contributed by atoms with E-state index in [0.29, 0.717) is 5.69 Å². The molecule has 0 atom stereocenters. The maximum atomic E-state index is 12.9. The molecular formula is C19H17FN2O. The number of fused-ring (bicyclic) bond motifs is 1. The zero-order valence-electron chi connectivity index (χ0n) is 12.8. The Kier molecular flexibility index (Phi) is 4.24. The van der Waals surface area contributed by atoms with E-state index in [0.717, 1.165) is 11.1 Å². The molecule has 0 aliphatic carbocycles. The maximum absolute atomic E-state index is 12.9. The molecule has 3 aromatic carbocycles. The quantitative estimate of drug-likeness (QED) is 0.788. The number of hydrogen-bond acceptors (Lipinski definition) is 2. The first-order chi connectivity index (χ1) is 11.1. The van der Waals surface area contributed by atoms with Crippen LogP contribution in [0.15, 0.2) is 66.7 Å². The van der Waals surface area contributed by atoms with E-state index in [1.54, 1.807) is 12.1 Å². The molecule has 23 heavy (non-hydrogen) atoms. The van der Waals surface area contributed by atoms with Gasteiger partial charge in [-0.3, -0.25) is 4.79 Å². The van der Waals surface area contributed by atoms with Crippen molar-refractivity contribution in [2.45, 2.75) is 0 Å². The zero-order valence-corrected chi connectivity index (χ0v) is 12.8. The molecule has 1 N–H and O–H groups in total. The van der Waals surface area contributed by atoms with Crippen LogP contribution in [0.25, 0.3) is 10.8 Å². The van der Waals surface area contributed by atoms with Crippen molar-refractivity contribution >= 4 is 28.1 Å². The number of benzene rings is 3. The van der Waals surface area contributed by atoms with Crippen molar-refractivity contribution < 1.29 is 9.18 Å². The van der Waals surface area contributed by atoms with E-state index in [1.807, 2.05) is 42.3 Å². The number of amides is 1. The highest BCUT2D eigenvalue weighted by molar-refractivity contribution is 5.94. The summed E-state index contributed by atoms with van der Waals surface area (Å²) >= 11 is 0. The van der Waals surface area contributed by atoms with E-state index in [1.165, 1.54) is 17.5 Å². The lowest BCUT2D eigenvalue weighted by molar-refractivity contribution is -0.114. The number of anilines is 2. The fraction of sp³-hybridized carbons (Fsp3) is 0.105. The van der Waals surface area contributed by atoms with Gasteiger partial charge in [-0.1, -0.05) is 30.3 Å². The molecule has 0 spiro atoms. The second kappa shape index (κ2) is 6.48. The summed E-state index contributed by atoms with van der Waals surface area (Å²) in [6.07, 6.45) is 0. The molecule has 1 amide bonds. The highest BCUT2D eigenvalue weighted by Gasteiger charge is 2.08. The van der Waals surface area contributed by atoms with Crippen molar-refractivity contribution in [1.29, 1.82) is 0 Å². The Balaban J connectivity index is 1.68. The van der Waals surface area contributed by atoms with Crippen molar-refractivity contribution in [3.8, 4) is 0 Å². The highest BCUT2D eigenvalue weighted by atomic mass is 19.1. The average molecular weight is 308 g/mol. The molecule has 0 bridgehead atoms. The number of rotatable bonds is 4. The topological polar surface area (TPSA) is 32.3 Å². The molecule has 0 unspecified atom stereocenters. The third-order valence-electron chi connectivity index (χ3n) is 3.68. The largest absolute Gasteiger partial charge is 0.365 e. The van der Waals surface area contributed by atoms with Crippen LogP contribution in [0.3, 0.4) is 0 Å². The Morgan fingerprint density at radius 3 is 2.43 bits per heavy atom. The molecule has 116 valence electrons. The lowest BCUT2D eigenvalue weighted by Crippen LogP contribution is -2.30. The van der Waals surface area contributed by atoms with Gasteiger partial charge in [-0.15, -0.1) is 0 Å². The Hall–Kier alpha value is -2.88. The molecule has 0 aromatic heterocycles. The molecule has 0 saturated heterocycles. The van der Waals surface area contributed by atoms with Crippen molar-refractivity contribution in [1.82, 2.24) is 0 Å². The second-order valence-corrected chi connectivity index (χ2v) is 5.44. The molecule has 4 heteroatoms. The third-order valence-corrected chi connectivity index (χ3v) is 3.68. The molecule has 0 saturated carbocycles. The summed E-state index contributed by atoms with van der Waals surface area (Å²) in [5.74, 6) is -0.469. The molecule has 0 radical (unpaired) electrons. The first-order valence-corrected chi connectivity index (χ1v) is 7.37. The molecular weight excluding hydrogens is 291 g/mol. The van der Waals surface area contributed by atoms with Crippen LogP contribution in [-0.4, -0.2) is 19.5 Å². The number of carbonyl (C=O) groups excluding carboxylic acids is 1. The molecule has 3 nitrogen and oxygen atoms in total. The predicted octanol–water partition coefficient (Wildman–Crippen LogP) is 4.05. The van der Waals surface area contributed by atoms with Gasteiger partial charge in [0.2, 0.25) is 5.91 Å². The van der Waals surface area contributed by atoms with Gasteiger partial charge < -0.3 is 10.2 Å². The van der Waals surface area contributed by atoms with E-state index >= 15 is 0 Å². The molecule has 0 aliphatic heterocycles. The Morgan fingerprint density at radius 1 is 1.00 bits per heavy atom. The Labute approximate surface area is 134 Å². The Morgan fingerprint density at radius 2 is 1.70 bits per heavy atom. The van der Waals surface area contributed by atoms with Gasteiger partial charge in [-0.2, -0.15) is 0 Å². The molecule has 0 heterocycles. The first kappa shape index (κ1) is 15.0. The number of hydrogen-bond donors (Lipinski definition) is 1. The molecule has 3 aromatic rings. The van der Waals surface area contributed by atoms with E-state index in [9.17, 15) is 9.18 Å². The maximum Gasteiger partial charge on any atom is 0.243 e. The zero-order chi connectivity index (χ0) is 16.2. The van der Waals surface area contributed by atoms with Crippen molar-refractivity contribution in [3.05, 3.63) is 72.5 Å². The monoisotopic (exact) mass is 308 g/mol. The smallest absolute Gasteiger partial charge is 0.243 e. The minimum atomic E-state index is -0.323. The fourth-order valence-corrected chi connectivity index (χ4v) is 2.45. The summed E-state index contributed by atoms with van der Waals surface area (Å²) in [7, 11) is 1.87. The van der Waals surface area contributed by atoms with Crippen LogP contribution in [0.5, 0.6) is 0 Å². The van der Waals surface area contributed by atoms with Crippen LogP contribution in [0, 0.1) is 5.82 Å². The van der Waals surface area contributed by atoms with E-state index in [2.05, 4.69) is 17.4 Å². The van der Waals surface area contributed by atoms with Crippen LogP contribution < -0.4 is 10.2 Å². The van der Waals surface area contributed by atoms with Gasteiger partial charge in [0.1, 0.15) is 5.82 Å². The van der Waals surface area contributed by atoms with Gasteiger partial charge in [0, 0.05) is 18.4 Å². The standard InChI is InChI=1S/C19H17FN2O/c1-22(13-19(23)21-17-9-7-16(20)8-10-17)18-11-6-14-4-2-3-5-15(14)12-18/h2-12H,13H2,1H3,(H,21,23). The summed E-state index contributed by atoms with van der Waals surface area (Å²) in [6.45, 7) is 0.218. The minimum Gasteiger partial charge on any atom is -0.365 e. The van der Waals surface area contributed by atoms with Gasteiger partial charge in [-0.05, 0) is 47.2 Å². The minimum absolute atomic E-state index is 0.146. The molecule has 0 aliphatic rings. The predicted molar refractivity (Wildman–Crippen MR) is 92.2 cm³/mol. The Bertz CT molecular complexity index is 830. The van der Waals surface area contributed by atoms with Gasteiger partial charge in [0.15, 0.2) is 0 Å². The average Bonchev–Trinajstić information content (AvgIpc) is 2.56. The summed E-state index contributed by atoms with van der Waals surface area (Å²) in [5, 5.41) is 5.06. The van der Waals surface area contributed by atoms with E-state index in [4.69, 9.17) is 0 Å². The summed E-state index contributed by atoms with van der Waals surface area (Å²) in [5.41, 5.74) is 1.56. The van der Waals surface area contributed by atoms with Crippen LogP contribution in [0.2, 0.25) is 0 Å². The molecule has 3 rings (SSSR count). The first-order valence-electron chi connectivity index (χ1n) is 7.37. The number of nitrogens with one attached hydrogen (secondary N) is 1. The normalized spacial score (nSPS) is 10.5. The van der Waals surface area contributed by atoms with Crippen molar-refractivity contribution in [3.63, 3.8) is 0 Å². The van der Waals surface area contributed by atoms with Crippen LogP contribution >= 0.6 is 0 Å².